The maximum atomic E-state index is 10.3. The summed E-state index contributed by atoms with van der Waals surface area (Å²) in [6, 6.07) is 0. The van der Waals surface area contributed by atoms with E-state index in [0.29, 0.717) is 6.42 Å². The van der Waals surface area contributed by atoms with Crippen molar-refractivity contribution in [1.29, 1.82) is 0 Å². The molecule has 0 rings (SSSR count). The number of carbonyl (C=O) groups is 1. The van der Waals surface area contributed by atoms with Crippen molar-refractivity contribution in [3.05, 3.63) is 0 Å². The molecule has 0 radical (unpaired) electrons. The van der Waals surface area contributed by atoms with Crippen molar-refractivity contribution in [2.45, 2.75) is 77.6 Å². The van der Waals surface area contributed by atoms with Crippen LogP contribution < -0.4 is 0 Å². The number of aliphatic carboxylic acids is 1. The first-order valence-electron chi connectivity index (χ1n) is 7.84. The van der Waals surface area contributed by atoms with Gasteiger partial charge in [-0.25, -0.2) is 0 Å². The summed E-state index contributed by atoms with van der Waals surface area (Å²) in [5.74, 6) is 17.1. The number of carboxylic acid groups (broad SMARTS) is 1. The minimum absolute atomic E-state index is 0.301. The molecule has 0 saturated heterocycles. The zero-order valence-corrected chi connectivity index (χ0v) is 13.1. The van der Waals surface area contributed by atoms with E-state index in [1.54, 1.807) is 0 Å². The highest BCUT2D eigenvalue weighted by Crippen LogP contribution is 2.08. The van der Waals surface area contributed by atoms with Crippen LogP contribution in [0.5, 0.6) is 0 Å². The van der Waals surface area contributed by atoms with E-state index in [0.717, 1.165) is 51.4 Å². The van der Waals surface area contributed by atoms with Gasteiger partial charge in [0.25, 0.3) is 0 Å². The molecule has 0 aromatic carbocycles. The Bertz CT molecular complexity index is 443. The lowest BCUT2D eigenvalue weighted by molar-refractivity contribution is -0.137. The lowest BCUT2D eigenvalue weighted by Gasteiger charge is -1.98. The molecule has 0 aromatic rings. The molecule has 2 heteroatoms. The molecule has 0 aromatic heterocycles. The largest absolute Gasteiger partial charge is 0.481 e. The molecule has 114 valence electrons. The van der Waals surface area contributed by atoms with Gasteiger partial charge in [0.05, 0.1) is 0 Å². The van der Waals surface area contributed by atoms with Gasteiger partial charge < -0.3 is 5.11 Å². The number of rotatable bonds is 10. The molecule has 0 bridgehead atoms. The number of hydrogen-bond acceptors (Lipinski definition) is 1. The Morgan fingerprint density at radius 2 is 1.29 bits per heavy atom. The van der Waals surface area contributed by atoms with E-state index in [1.807, 2.05) is 6.92 Å². The van der Waals surface area contributed by atoms with Gasteiger partial charge in [-0.15, -0.1) is 11.8 Å². The summed E-state index contributed by atoms with van der Waals surface area (Å²) in [4.78, 5) is 10.3. The Morgan fingerprint density at radius 3 is 1.90 bits per heavy atom. The molecule has 2 nitrogen and oxygen atoms in total. The predicted molar refractivity (Wildman–Crippen MR) is 87.4 cm³/mol. The molecular weight excluding hydrogens is 260 g/mol. The third-order valence-corrected chi connectivity index (χ3v) is 2.96. The van der Waals surface area contributed by atoms with Crippen molar-refractivity contribution in [3.8, 4) is 35.5 Å². The second kappa shape index (κ2) is 16.2. The fourth-order valence-corrected chi connectivity index (χ4v) is 1.80. The molecule has 0 aliphatic carbocycles. The van der Waals surface area contributed by atoms with Crippen LogP contribution >= 0.6 is 0 Å². The maximum Gasteiger partial charge on any atom is 0.303 e. The highest BCUT2D eigenvalue weighted by Gasteiger charge is 1.95. The van der Waals surface area contributed by atoms with Crippen LogP contribution in [0.25, 0.3) is 0 Å². The molecule has 0 spiro atoms. The maximum absolute atomic E-state index is 10.3. The molecule has 0 amide bonds. The SMILES string of the molecule is CC#CCCCC#CC#CCCCCCCCCC(=O)O. The van der Waals surface area contributed by atoms with E-state index in [-0.39, 0.29) is 0 Å². The van der Waals surface area contributed by atoms with Crippen molar-refractivity contribution in [1.82, 2.24) is 0 Å². The molecule has 0 fully saturated rings. The van der Waals surface area contributed by atoms with Crippen molar-refractivity contribution < 1.29 is 9.90 Å². The second-order valence-corrected chi connectivity index (χ2v) is 4.90. The molecule has 0 aliphatic rings. The Labute approximate surface area is 129 Å². The molecule has 0 aliphatic heterocycles. The van der Waals surface area contributed by atoms with E-state index in [1.165, 1.54) is 12.8 Å². The zero-order chi connectivity index (χ0) is 15.6. The van der Waals surface area contributed by atoms with Crippen LogP contribution in [0.1, 0.15) is 77.6 Å². The van der Waals surface area contributed by atoms with Crippen molar-refractivity contribution in [2.24, 2.45) is 0 Å². The van der Waals surface area contributed by atoms with Gasteiger partial charge in [0.2, 0.25) is 0 Å². The summed E-state index contributed by atoms with van der Waals surface area (Å²) in [7, 11) is 0. The number of unbranched alkanes of at least 4 members (excludes halogenated alkanes) is 8. The van der Waals surface area contributed by atoms with E-state index in [9.17, 15) is 4.79 Å². The zero-order valence-electron chi connectivity index (χ0n) is 13.1. The summed E-state index contributed by atoms with van der Waals surface area (Å²) < 4.78 is 0. The van der Waals surface area contributed by atoms with Gasteiger partial charge in [0.15, 0.2) is 0 Å². The third-order valence-electron chi connectivity index (χ3n) is 2.96. The quantitative estimate of drug-likeness (QED) is 0.477. The van der Waals surface area contributed by atoms with E-state index >= 15 is 0 Å². The molecule has 21 heavy (non-hydrogen) atoms. The molecule has 1 N–H and O–H groups in total. The van der Waals surface area contributed by atoms with Gasteiger partial charge in [0.1, 0.15) is 0 Å². The highest BCUT2D eigenvalue weighted by molar-refractivity contribution is 5.66. The smallest absolute Gasteiger partial charge is 0.303 e. The first-order chi connectivity index (χ1) is 10.3. The fraction of sp³-hybridized carbons (Fsp3) is 0.632. The average Bonchev–Trinajstić information content (AvgIpc) is 2.46. The van der Waals surface area contributed by atoms with Crippen molar-refractivity contribution >= 4 is 5.97 Å². The van der Waals surface area contributed by atoms with Crippen LogP contribution in [0, 0.1) is 35.5 Å². The van der Waals surface area contributed by atoms with Gasteiger partial charge in [-0.2, -0.15) is 0 Å². The molecule has 0 unspecified atom stereocenters. The van der Waals surface area contributed by atoms with Crippen LogP contribution in [-0.2, 0) is 4.79 Å². The summed E-state index contributed by atoms with van der Waals surface area (Å²) in [6.07, 6.45) is 10.4. The lowest BCUT2D eigenvalue weighted by Crippen LogP contribution is -1.93. The van der Waals surface area contributed by atoms with Crippen LogP contribution in [0.3, 0.4) is 0 Å². The Balaban J connectivity index is 3.31. The molecular formula is C19H26O2. The predicted octanol–water partition coefficient (Wildman–Crippen LogP) is 4.39. The Morgan fingerprint density at radius 1 is 0.762 bits per heavy atom. The molecule has 0 atom stereocenters. The fourth-order valence-electron chi connectivity index (χ4n) is 1.80. The standard InChI is InChI=1S/C19H26O2/c1-2-3-4-5-6-7-8-9-10-11-12-13-14-15-16-17-18-19(20)21/h4-6,11-18H2,1H3,(H,20,21). The highest BCUT2D eigenvalue weighted by atomic mass is 16.4. The third kappa shape index (κ3) is 18.1. The van der Waals surface area contributed by atoms with Gasteiger partial charge in [0, 0.05) is 25.7 Å². The van der Waals surface area contributed by atoms with Crippen LogP contribution in [0.4, 0.5) is 0 Å². The first kappa shape index (κ1) is 19.1. The van der Waals surface area contributed by atoms with Crippen LogP contribution in [0.2, 0.25) is 0 Å². The first-order valence-corrected chi connectivity index (χ1v) is 7.84. The Hall–Kier alpha value is -1.85. The van der Waals surface area contributed by atoms with Crippen molar-refractivity contribution in [2.75, 3.05) is 0 Å². The lowest BCUT2D eigenvalue weighted by atomic mass is 10.1. The van der Waals surface area contributed by atoms with Gasteiger partial charge in [-0.3, -0.25) is 4.79 Å². The average molecular weight is 286 g/mol. The van der Waals surface area contributed by atoms with Crippen LogP contribution in [-0.4, -0.2) is 11.1 Å². The van der Waals surface area contributed by atoms with Crippen molar-refractivity contribution in [3.63, 3.8) is 0 Å². The summed E-state index contributed by atoms with van der Waals surface area (Å²) in [5, 5.41) is 8.50. The molecule has 0 saturated carbocycles. The topological polar surface area (TPSA) is 37.3 Å². The van der Waals surface area contributed by atoms with E-state index in [4.69, 9.17) is 5.11 Å². The van der Waals surface area contributed by atoms with E-state index in [2.05, 4.69) is 35.5 Å². The van der Waals surface area contributed by atoms with E-state index < -0.39 is 5.97 Å². The van der Waals surface area contributed by atoms with Crippen LogP contribution in [0.15, 0.2) is 0 Å². The summed E-state index contributed by atoms with van der Waals surface area (Å²) >= 11 is 0. The summed E-state index contributed by atoms with van der Waals surface area (Å²) in [5.41, 5.74) is 0. The minimum atomic E-state index is -0.690. The monoisotopic (exact) mass is 286 g/mol. The number of hydrogen-bond donors (Lipinski definition) is 1. The second-order valence-electron chi connectivity index (χ2n) is 4.90. The van der Waals surface area contributed by atoms with Gasteiger partial charge in [-0.1, -0.05) is 37.5 Å². The number of carboxylic acids is 1. The Kier molecular flexibility index (Phi) is 14.8. The van der Waals surface area contributed by atoms with Gasteiger partial charge >= 0.3 is 5.97 Å². The summed E-state index contributed by atoms with van der Waals surface area (Å²) in [6.45, 7) is 1.85. The van der Waals surface area contributed by atoms with Gasteiger partial charge in [-0.05, 0) is 38.0 Å². The normalized spacial score (nSPS) is 8.62. The minimum Gasteiger partial charge on any atom is -0.481 e. The molecule has 0 heterocycles.